The van der Waals surface area contributed by atoms with E-state index < -0.39 is 29.7 Å². The molecular weight excluding hydrogens is 686 g/mol. The minimum absolute atomic E-state index is 0.0920. The molecule has 1 saturated heterocycles. The summed E-state index contributed by atoms with van der Waals surface area (Å²) in [7, 11) is 1.30. The van der Waals surface area contributed by atoms with Gasteiger partial charge in [0.2, 0.25) is 11.8 Å². The molecule has 5 amide bonds. The summed E-state index contributed by atoms with van der Waals surface area (Å²) in [5.41, 5.74) is 5.13. The van der Waals surface area contributed by atoms with E-state index in [9.17, 15) is 24.3 Å². The first-order chi connectivity index (χ1) is 25.8. The van der Waals surface area contributed by atoms with Crippen molar-refractivity contribution in [3.8, 4) is 0 Å². The van der Waals surface area contributed by atoms with Crippen LogP contribution in [0.2, 0.25) is 0 Å². The third kappa shape index (κ3) is 13.0. The van der Waals surface area contributed by atoms with Crippen LogP contribution in [0.3, 0.4) is 0 Å². The monoisotopic (exact) mass is 749 g/mol. The van der Waals surface area contributed by atoms with Crippen molar-refractivity contribution in [3.05, 3.63) is 65.5 Å². The molecule has 0 bridgehead atoms. The molecule has 1 aliphatic heterocycles. The van der Waals surface area contributed by atoms with Crippen LogP contribution >= 0.6 is 0 Å². The van der Waals surface area contributed by atoms with Crippen LogP contribution in [0.25, 0.3) is 0 Å². The first-order valence-corrected chi connectivity index (χ1v) is 19.6. The number of carbonyl (C=O) groups excluding carboxylic acids is 4. The zero-order chi connectivity index (χ0) is 39.3. The summed E-state index contributed by atoms with van der Waals surface area (Å²) in [6.45, 7) is 11.9. The molecule has 13 nitrogen and oxygen atoms in total. The number of aliphatic hydroxyl groups is 1. The van der Waals surface area contributed by atoms with Gasteiger partial charge in [-0.15, -0.1) is 0 Å². The summed E-state index contributed by atoms with van der Waals surface area (Å²) in [6.07, 6.45) is 5.08. The largest absolute Gasteiger partial charge is 0.453 e. The lowest BCUT2D eigenvalue weighted by atomic mass is 9.88. The Morgan fingerprint density at radius 2 is 1.78 bits per heavy atom. The summed E-state index contributed by atoms with van der Waals surface area (Å²) in [6, 6.07) is 13.8. The number of aromatic nitrogens is 1. The molecule has 1 aromatic carbocycles. The maximum absolute atomic E-state index is 14.4. The van der Waals surface area contributed by atoms with Gasteiger partial charge < -0.3 is 30.3 Å². The number of nitrogens with one attached hydrogen (secondary N) is 3. The van der Waals surface area contributed by atoms with E-state index >= 15 is 0 Å². The van der Waals surface area contributed by atoms with Crippen LogP contribution in [-0.4, -0.2) is 107 Å². The normalized spacial score (nSPS) is 17.5. The number of hydrogen-bond donors (Lipinski definition) is 4. The summed E-state index contributed by atoms with van der Waals surface area (Å²) in [5, 5.41) is 19.7. The molecule has 13 heteroatoms. The van der Waals surface area contributed by atoms with E-state index in [-0.39, 0.29) is 43.3 Å². The summed E-state index contributed by atoms with van der Waals surface area (Å²) >= 11 is 0. The zero-order valence-corrected chi connectivity index (χ0v) is 33.2. The van der Waals surface area contributed by atoms with E-state index in [2.05, 4.69) is 21.0 Å². The fourth-order valence-corrected chi connectivity index (χ4v) is 7.54. The molecule has 54 heavy (non-hydrogen) atoms. The molecule has 2 aliphatic rings. The van der Waals surface area contributed by atoms with Crippen molar-refractivity contribution < 1.29 is 29.0 Å². The number of hydrazine groups is 1. The third-order valence-corrected chi connectivity index (χ3v) is 10.7. The molecule has 1 aliphatic carbocycles. The van der Waals surface area contributed by atoms with Crippen molar-refractivity contribution in [2.24, 2.45) is 17.3 Å². The Hall–Kier alpha value is -4.23. The van der Waals surface area contributed by atoms with Crippen LogP contribution in [0, 0.1) is 24.2 Å². The predicted molar refractivity (Wildman–Crippen MR) is 208 cm³/mol. The van der Waals surface area contributed by atoms with E-state index in [1.54, 1.807) is 9.80 Å². The molecule has 2 fully saturated rings. The second-order valence-corrected chi connectivity index (χ2v) is 16.0. The lowest BCUT2D eigenvalue weighted by molar-refractivity contribution is -0.131. The number of aliphatic hydroxyl groups excluding tert-OH is 1. The van der Waals surface area contributed by atoms with Crippen molar-refractivity contribution in [3.63, 3.8) is 0 Å². The van der Waals surface area contributed by atoms with Crippen molar-refractivity contribution in [2.75, 3.05) is 39.8 Å². The highest BCUT2D eigenvalue weighted by Gasteiger charge is 2.41. The van der Waals surface area contributed by atoms with E-state index in [1.807, 2.05) is 88.2 Å². The highest BCUT2D eigenvalue weighted by atomic mass is 16.5. The number of pyridine rings is 1. The van der Waals surface area contributed by atoms with Gasteiger partial charge in [0.15, 0.2) is 0 Å². The molecule has 0 spiro atoms. The van der Waals surface area contributed by atoms with Gasteiger partial charge in [0.1, 0.15) is 6.04 Å². The standard InChI is InChI=1S/C41H63N7O6/c1-7-29(2)37(48-22-21-46(40(48)53)26-33-20-14-15-30(3)43-33)38(51)44-34(23-31-16-10-8-11-17-31)35(49)27-47(25-32-18-12-9-13-19-32)45-36(50)24-41(4,5)28-42-39(52)54-6/h8,10-11,14-17,20,29,32,34-35,37,49H,7,9,12-13,18-19,21-28H2,1-6H3,(H,42,52)(H,44,51)(H,45,50). The second kappa shape index (κ2) is 20.5. The van der Waals surface area contributed by atoms with Gasteiger partial charge in [-0.3, -0.25) is 20.0 Å². The maximum Gasteiger partial charge on any atom is 0.406 e. The molecule has 2 heterocycles. The molecule has 298 valence electrons. The summed E-state index contributed by atoms with van der Waals surface area (Å²) in [5.74, 6) is -0.319. The Morgan fingerprint density at radius 3 is 2.44 bits per heavy atom. The fourth-order valence-electron chi connectivity index (χ4n) is 7.54. The van der Waals surface area contributed by atoms with Crippen LogP contribution in [0.15, 0.2) is 48.5 Å². The van der Waals surface area contributed by atoms with Crippen molar-refractivity contribution in [1.82, 2.24) is 35.9 Å². The minimum atomic E-state index is -1.05. The number of amides is 5. The number of ether oxygens (including phenoxy) is 1. The number of aryl methyl sites for hydroxylation is 1. The van der Waals surface area contributed by atoms with Crippen LogP contribution in [0.4, 0.5) is 9.59 Å². The summed E-state index contributed by atoms with van der Waals surface area (Å²) < 4.78 is 4.69. The fraction of sp³-hybridized carbons (Fsp3) is 0.634. The Bertz CT molecular complexity index is 1520. The van der Waals surface area contributed by atoms with Gasteiger partial charge in [0, 0.05) is 44.8 Å². The Kier molecular flexibility index (Phi) is 16.1. The molecule has 4 unspecified atom stereocenters. The quantitative estimate of drug-likeness (QED) is 0.149. The first kappa shape index (κ1) is 42.5. The average Bonchev–Trinajstić information content (AvgIpc) is 3.49. The highest BCUT2D eigenvalue weighted by molar-refractivity contribution is 5.88. The van der Waals surface area contributed by atoms with E-state index in [4.69, 9.17) is 4.74 Å². The van der Waals surface area contributed by atoms with Gasteiger partial charge in [-0.1, -0.05) is 89.8 Å². The zero-order valence-electron chi connectivity index (χ0n) is 33.2. The molecular formula is C41H63N7O6. The van der Waals surface area contributed by atoms with Crippen LogP contribution in [-0.2, 0) is 27.3 Å². The number of rotatable bonds is 19. The SMILES string of the molecule is CCC(C)C(C(=O)NC(Cc1ccccc1)C(O)CN(CC1CCCCC1)NC(=O)CC(C)(C)CNC(=O)OC)N1CCN(Cc2cccc(C)n2)C1=O. The first-order valence-electron chi connectivity index (χ1n) is 19.6. The molecule has 2 aromatic rings. The van der Waals surface area contributed by atoms with Crippen molar-refractivity contribution >= 4 is 23.9 Å². The number of benzene rings is 1. The maximum atomic E-state index is 14.4. The van der Waals surface area contributed by atoms with Gasteiger partial charge in [-0.2, -0.15) is 0 Å². The Morgan fingerprint density at radius 1 is 1.06 bits per heavy atom. The number of alkyl carbamates (subject to hydrolysis) is 1. The smallest absolute Gasteiger partial charge is 0.406 e. The third-order valence-electron chi connectivity index (χ3n) is 10.7. The molecule has 4 N–H and O–H groups in total. The minimum Gasteiger partial charge on any atom is -0.453 e. The van der Waals surface area contributed by atoms with Gasteiger partial charge in [-0.25, -0.2) is 14.6 Å². The molecule has 4 rings (SSSR count). The predicted octanol–water partition coefficient (Wildman–Crippen LogP) is 4.82. The van der Waals surface area contributed by atoms with Crippen LogP contribution < -0.4 is 16.1 Å². The Labute approximate surface area is 321 Å². The molecule has 4 atom stereocenters. The lowest BCUT2D eigenvalue weighted by Gasteiger charge is -2.36. The van der Waals surface area contributed by atoms with Crippen molar-refractivity contribution in [2.45, 2.75) is 111 Å². The van der Waals surface area contributed by atoms with Crippen LogP contribution in [0.5, 0.6) is 0 Å². The Balaban J connectivity index is 1.52. The number of urea groups is 1. The number of nitrogens with zero attached hydrogens (tertiary/aromatic N) is 4. The van der Waals surface area contributed by atoms with Gasteiger partial charge in [0.05, 0.1) is 31.5 Å². The number of carbonyl (C=O) groups is 4. The molecule has 0 radical (unpaired) electrons. The van der Waals surface area contributed by atoms with E-state index in [0.717, 1.165) is 42.6 Å². The molecule has 1 aromatic heterocycles. The van der Waals surface area contributed by atoms with Crippen LogP contribution in [0.1, 0.15) is 89.6 Å². The van der Waals surface area contributed by atoms with E-state index in [0.29, 0.717) is 44.9 Å². The van der Waals surface area contributed by atoms with Crippen molar-refractivity contribution in [1.29, 1.82) is 0 Å². The highest BCUT2D eigenvalue weighted by Crippen LogP contribution is 2.26. The second-order valence-electron chi connectivity index (χ2n) is 16.0. The lowest BCUT2D eigenvalue weighted by Crippen LogP contribution is -2.58. The molecule has 1 saturated carbocycles. The number of hydrogen-bond acceptors (Lipinski definition) is 8. The van der Waals surface area contributed by atoms with E-state index in [1.165, 1.54) is 13.5 Å². The topological polar surface area (TPSA) is 156 Å². The summed E-state index contributed by atoms with van der Waals surface area (Å²) in [4.78, 5) is 61.4. The number of methoxy groups -OCH3 is 1. The van der Waals surface area contributed by atoms with Gasteiger partial charge >= 0.3 is 12.1 Å². The average molecular weight is 750 g/mol. The van der Waals surface area contributed by atoms with Gasteiger partial charge in [0.25, 0.3) is 0 Å². The van der Waals surface area contributed by atoms with Gasteiger partial charge in [-0.05, 0) is 61.1 Å².